The molecule has 0 aromatic rings. The Labute approximate surface area is 97.1 Å². The van der Waals surface area contributed by atoms with E-state index in [2.05, 4.69) is 27.8 Å². The van der Waals surface area contributed by atoms with E-state index in [9.17, 15) is 0 Å². The molecule has 1 unspecified atom stereocenters. The highest BCUT2D eigenvalue weighted by atomic mass is 79.9. The van der Waals surface area contributed by atoms with E-state index < -0.39 is 0 Å². The Balaban J connectivity index is 0.00000169. The summed E-state index contributed by atoms with van der Waals surface area (Å²) in [4.78, 5) is 3.25. The maximum atomic E-state index is 3.80. The molecular weight excluding hydrogens is 240 g/mol. The van der Waals surface area contributed by atoms with Gasteiger partial charge in [-0.15, -0.1) is 0 Å². The lowest BCUT2D eigenvalue weighted by atomic mass is 10.1. The first-order valence-electron chi connectivity index (χ1n) is 5.72. The van der Waals surface area contributed by atoms with Crippen molar-refractivity contribution in [2.75, 3.05) is 13.1 Å². The molecule has 0 aromatic heterocycles. The van der Waals surface area contributed by atoms with Crippen molar-refractivity contribution < 1.29 is 0 Å². The summed E-state index contributed by atoms with van der Waals surface area (Å²) in [5.41, 5.74) is 0. The second kappa shape index (κ2) is 8.69. The number of nitrogens with zero attached hydrogens (tertiary/aromatic N) is 1. The summed E-state index contributed by atoms with van der Waals surface area (Å²) >= 11 is 3.80. The van der Waals surface area contributed by atoms with Crippen LogP contribution in [0, 0.1) is 0 Å². The highest BCUT2D eigenvalue weighted by Crippen LogP contribution is 2.20. The fourth-order valence-corrected chi connectivity index (χ4v) is 2.68. The molecule has 14 heavy (non-hydrogen) atoms. The number of hydrogen-bond donors (Lipinski definition) is 1. The molecule has 0 amide bonds. The minimum absolute atomic E-state index is 0. The predicted molar refractivity (Wildman–Crippen MR) is 67.3 cm³/mol. The highest BCUT2D eigenvalue weighted by molar-refractivity contribution is 9.09. The van der Waals surface area contributed by atoms with Gasteiger partial charge in [-0.05, 0) is 32.4 Å². The van der Waals surface area contributed by atoms with E-state index in [1.807, 2.05) is 0 Å². The second-order valence-electron chi connectivity index (χ2n) is 4.03. The Morgan fingerprint density at radius 1 is 1.14 bits per heavy atom. The van der Waals surface area contributed by atoms with Crippen LogP contribution in [0.15, 0.2) is 0 Å². The quantitative estimate of drug-likeness (QED) is 0.464. The van der Waals surface area contributed by atoms with Crippen molar-refractivity contribution in [1.29, 1.82) is 0 Å². The maximum Gasteiger partial charge on any atom is 0.0655 e. The number of likely N-dealkylation sites (tertiary alicyclic amines) is 1. The van der Waals surface area contributed by atoms with Crippen molar-refractivity contribution in [2.45, 2.75) is 56.8 Å². The van der Waals surface area contributed by atoms with Gasteiger partial charge in [-0.1, -0.05) is 48.5 Å². The molecule has 1 fully saturated rings. The Bertz CT molecular complexity index is 124. The summed E-state index contributed by atoms with van der Waals surface area (Å²) in [6, 6.07) is 0. The summed E-state index contributed by atoms with van der Waals surface area (Å²) in [5, 5.41) is 0. The summed E-state index contributed by atoms with van der Waals surface area (Å²) < 4.78 is 0. The monoisotopic (exact) mass is 264 g/mol. The summed E-state index contributed by atoms with van der Waals surface area (Å²) in [6.07, 6.45) is 9.66. The summed E-state index contributed by atoms with van der Waals surface area (Å²) in [6.45, 7) is 4.88. The van der Waals surface area contributed by atoms with Crippen molar-refractivity contribution in [3.8, 4) is 0 Å². The maximum absolute atomic E-state index is 3.80. The SMILES string of the molecule is CCCCCC(Br)N1CCCCC1.N. The molecule has 1 aliphatic heterocycles. The van der Waals surface area contributed by atoms with Crippen LogP contribution in [0.3, 0.4) is 0 Å². The van der Waals surface area contributed by atoms with Gasteiger partial charge in [0, 0.05) is 0 Å². The number of hydrogen-bond acceptors (Lipinski definition) is 2. The second-order valence-corrected chi connectivity index (χ2v) is 5.08. The van der Waals surface area contributed by atoms with Crippen LogP contribution in [0.25, 0.3) is 0 Å². The molecule has 0 aromatic carbocycles. The smallest absolute Gasteiger partial charge is 0.0655 e. The van der Waals surface area contributed by atoms with Gasteiger partial charge in [-0.25, -0.2) is 0 Å². The van der Waals surface area contributed by atoms with Gasteiger partial charge in [-0.2, -0.15) is 0 Å². The molecule has 1 rings (SSSR count). The van der Waals surface area contributed by atoms with Crippen molar-refractivity contribution >= 4 is 15.9 Å². The normalized spacial score (nSPS) is 20.1. The lowest BCUT2D eigenvalue weighted by Crippen LogP contribution is -2.35. The van der Waals surface area contributed by atoms with E-state index in [-0.39, 0.29) is 6.15 Å². The Hall–Kier alpha value is 0.400. The molecule has 0 saturated carbocycles. The van der Waals surface area contributed by atoms with E-state index in [1.54, 1.807) is 0 Å². The van der Waals surface area contributed by atoms with Gasteiger partial charge in [0.15, 0.2) is 0 Å². The molecule has 3 N–H and O–H groups in total. The van der Waals surface area contributed by atoms with Crippen molar-refractivity contribution in [2.24, 2.45) is 0 Å². The molecule has 0 spiro atoms. The van der Waals surface area contributed by atoms with E-state index in [4.69, 9.17) is 0 Å². The Morgan fingerprint density at radius 2 is 1.79 bits per heavy atom. The molecule has 0 aliphatic carbocycles. The van der Waals surface area contributed by atoms with Crippen molar-refractivity contribution in [1.82, 2.24) is 11.1 Å². The van der Waals surface area contributed by atoms with E-state index in [0.717, 1.165) is 0 Å². The largest absolute Gasteiger partial charge is 0.344 e. The molecular formula is C11H25BrN2. The van der Waals surface area contributed by atoms with Crippen LogP contribution in [0.2, 0.25) is 0 Å². The topological polar surface area (TPSA) is 38.2 Å². The van der Waals surface area contributed by atoms with Gasteiger partial charge in [0.05, 0.1) is 4.95 Å². The molecule has 1 aliphatic rings. The van der Waals surface area contributed by atoms with Gasteiger partial charge in [0.25, 0.3) is 0 Å². The molecule has 0 bridgehead atoms. The van der Waals surface area contributed by atoms with Gasteiger partial charge in [0.2, 0.25) is 0 Å². The van der Waals surface area contributed by atoms with Crippen LogP contribution in [-0.4, -0.2) is 22.9 Å². The van der Waals surface area contributed by atoms with Crippen LogP contribution >= 0.6 is 15.9 Å². The van der Waals surface area contributed by atoms with E-state index in [0.29, 0.717) is 4.95 Å². The van der Waals surface area contributed by atoms with Crippen molar-refractivity contribution in [3.05, 3.63) is 0 Å². The number of halogens is 1. The predicted octanol–water partition coefficient (Wildman–Crippen LogP) is 3.94. The summed E-state index contributed by atoms with van der Waals surface area (Å²) in [5.74, 6) is 0. The van der Waals surface area contributed by atoms with Crippen LogP contribution in [-0.2, 0) is 0 Å². The van der Waals surface area contributed by atoms with E-state index in [1.165, 1.54) is 58.0 Å². The van der Waals surface area contributed by atoms with Gasteiger partial charge >= 0.3 is 0 Å². The lowest BCUT2D eigenvalue weighted by molar-refractivity contribution is 0.208. The minimum Gasteiger partial charge on any atom is -0.344 e. The number of alkyl halides is 1. The standard InChI is InChI=1S/C11H22BrN.H3N/c1-2-3-5-8-11(12)13-9-6-4-7-10-13;/h11H,2-10H2,1H3;1H3. The molecule has 1 atom stereocenters. The zero-order valence-corrected chi connectivity index (χ0v) is 11.1. The van der Waals surface area contributed by atoms with Gasteiger partial charge < -0.3 is 6.15 Å². The number of piperidine rings is 1. The molecule has 0 radical (unpaired) electrons. The fourth-order valence-electron chi connectivity index (χ4n) is 1.94. The summed E-state index contributed by atoms with van der Waals surface area (Å²) in [7, 11) is 0. The first kappa shape index (κ1) is 14.4. The van der Waals surface area contributed by atoms with Crippen molar-refractivity contribution in [3.63, 3.8) is 0 Å². The molecule has 3 heteroatoms. The molecule has 86 valence electrons. The number of rotatable bonds is 5. The Morgan fingerprint density at radius 3 is 2.36 bits per heavy atom. The van der Waals surface area contributed by atoms with Crippen LogP contribution in [0.4, 0.5) is 0 Å². The van der Waals surface area contributed by atoms with Gasteiger partial charge in [-0.3, -0.25) is 4.90 Å². The average molecular weight is 265 g/mol. The molecule has 1 heterocycles. The van der Waals surface area contributed by atoms with Gasteiger partial charge in [0.1, 0.15) is 0 Å². The third-order valence-electron chi connectivity index (χ3n) is 2.83. The highest BCUT2D eigenvalue weighted by Gasteiger charge is 2.16. The average Bonchev–Trinajstić information content (AvgIpc) is 2.19. The van der Waals surface area contributed by atoms with E-state index >= 15 is 0 Å². The fraction of sp³-hybridized carbons (Fsp3) is 1.00. The first-order valence-corrected chi connectivity index (χ1v) is 6.64. The zero-order chi connectivity index (χ0) is 9.52. The van der Waals surface area contributed by atoms with Crippen LogP contribution in [0.5, 0.6) is 0 Å². The van der Waals surface area contributed by atoms with Crippen LogP contribution < -0.4 is 6.15 Å². The third kappa shape index (κ3) is 5.32. The third-order valence-corrected chi connectivity index (χ3v) is 3.87. The molecule has 1 saturated heterocycles. The minimum atomic E-state index is 0. The molecule has 2 nitrogen and oxygen atoms in total. The van der Waals surface area contributed by atoms with Crippen LogP contribution in [0.1, 0.15) is 51.9 Å². The number of unbranched alkanes of at least 4 members (excludes halogenated alkanes) is 2. The lowest BCUT2D eigenvalue weighted by Gasteiger charge is -2.31. The zero-order valence-electron chi connectivity index (χ0n) is 9.47. The Kier molecular flexibility index (Phi) is 8.94. The first-order chi connectivity index (χ1) is 6.34.